The van der Waals surface area contributed by atoms with Gasteiger partial charge in [-0.25, -0.2) is 4.79 Å². The van der Waals surface area contributed by atoms with Crippen LogP contribution in [-0.4, -0.2) is 35.8 Å². The number of imide groups is 1. The minimum absolute atomic E-state index is 0.0326. The van der Waals surface area contributed by atoms with Gasteiger partial charge in [-0.1, -0.05) is 12.1 Å². The Labute approximate surface area is 158 Å². The Kier molecular flexibility index (Phi) is 4.87. The molecule has 3 rings (SSSR count). The molecule has 5 heteroatoms. The molecule has 27 heavy (non-hydrogen) atoms. The van der Waals surface area contributed by atoms with E-state index in [1.165, 1.54) is 5.56 Å². The summed E-state index contributed by atoms with van der Waals surface area (Å²) in [6.07, 6.45) is 0. The molecule has 0 aromatic heterocycles. The summed E-state index contributed by atoms with van der Waals surface area (Å²) < 4.78 is 5.41. The standard InChI is InChI=1S/C22H23NO4/c1-12-13(2)15(4)19(16(5)14(12)3)22(26)27-11-10-23-20(24)17-8-6-7-9-18(17)21(23)25/h6-9H,10-11H2,1-5H3. The maximum atomic E-state index is 12.6. The zero-order valence-corrected chi connectivity index (χ0v) is 16.3. The fraction of sp³-hybridized carbons (Fsp3) is 0.318. The lowest BCUT2D eigenvalue weighted by molar-refractivity contribution is 0.0419. The van der Waals surface area contributed by atoms with Gasteiger partial charge in [-0.2, -0.15) is 0 Å². The zero-order valence-electron chi connectivity index (χ0n) is 16.3. The molecule has 0 N–H and O–H groups in total. The van der Waals surface area contributed by atoms with Crippen LogP contribution in [0.15, 0.2) is 24.3 Å². The van der Waals surface area contributed by atoms with E-state index in [1.807, 2.05) is 34.6 Å². The molecule has 0 aliphatic carbocycles. The Morgan fingerprint density at radius 3 is 1.74 bits per heavy atom. The van der Waals surface area contributed by atoms with Gasteiger partial charge in [-0.15, -0.1) is 0 Å². The van der Waals surface area contributed by atoms with Crippen LogP contribution < -0.4 is 0 Å². The monoisotopic (exact) mass is 365 g/mol. The highest BCUT2D eigenvalue weighted by molar-refractivity contribution is 6.21. The maximum absolute atomic E-state index is 12.6. The zero-order chi connectivity index (χ0) is 19.9. The Morgan fingerprint density at radius 1 is 0.815 bits per heavy atom. The van der Waals surface area contributed by atoms with Crippen LogP contribution in [0.5, 0.6) is 0 Å². The topological polar surface area (TPSA) is 63.7 Å². The van der Waals surface area contributed by atoms with Crippen molar-refractivity contribution in [2.75, 3.05) is 13.2 Å². The smallest absolute Gasteiger partial charge is 0.338 e. The summed E-state index contributed by atoms with van der Waals surface area (Å²) in [4.78, 5) is 38.5. The van der Waals surface area contributed by atoms with Crippen LogP contribution in [-0.2, 0) is 4.74 Å². The number of amides is 2. The van der Waals surface area contributed by atoms with Crippen molar-refractivity contribution < 1.29 is 19.1 Å². The molecule has 0 radical (unpaired) electrons. The van der Waals surface area contributed by atoms with Crippen molar-refractivity contribution in [3.8, 4) is 0 Å². The molecule has 1 heterocycles. The summed E-state index contributed by atoms with van der Waals surface area (Å²) in [6, 6.07) is 6.71. The molecule has 0 bridgehead atoms. The molecule has 1 aliphatic rings. The van der Waals surface area contributed by atoms with Gasteiger partial charge in [0.15, 0.2) is 0 Å². The van der Waals surface area contributed by atoms with Crippen molar-refractivity contribution in [2.24, 2.45) is 0 Å². The molecule has 0 unspecified atom stereocenters. The number of ether oxygens (including phenoxy) is 1. The van der Waals surface area contributed by atoms with Crippen LogP contribution in [0.1, 0.15) is 58.9 Å². The Balaban J connectivity index is 1.72. The summed E-state index contributed by atoms with van der Waals surface area (Å²) in [6.45, 7) is 9.86. The summed E-state index contributed by atoms with van der Waals surface area (Å²) in [7, 11) is 0. The molecule has 2 aromatic rings. The summed E-state index contributed by atoms with van der Waals surface area (Å²) in [5.74, 6) is -1.12. The molecule has 2 aromatic carbocycles. The fourth-order valence-electron chi connectivity index (χ4n) is 3.55. The first-order valence-corrected chi connectivity index (χ1v) is 8.95. The van der Waals surface area contributed by atoms with E-state index < -0.39 is 5.97 Å². The van der Waals surface area contributed by atoms with Gasteiger partial charge in [-0.05, 0) is 74.6 Å². The van der Waals surface area contributed by atoms with Crippen molar-refractivity contribution in [1.29, 1.82) is 0 Å². The van der Waals surface area contributed by atoms with Gasteiger partial charge in [-0.3, -0.25) is 14.5 Å². The number of carbonyl (C=O) groups excluding carboxylic acids is 3. The number of nitrogens with zero attached hydrogens (tertiary/aromatic N) is 1. The molecule has 0 atom stereocenters. The number of hydrogen-bond acceptors (Lipinski definition) is 4. The highest BCUT2D eigenvalue weighted by atomic mass is 16.5. The average molecular weight is 365 g/mol. The second kappa shape index (κ2) is 6.99. The van der Waals surface area contributed by atoms with Gasteiger partial charge in [0.1, 0.15) is 6.61 Å². The number of hydrogen-bond donors (Lipinski definition) is 0. The van der Waals surface area contributed by atoms with E-state index in [0.717, 1.165) is 27.2 Å². The summed E-state index contributed by atoms with van der Waals surface area (Å²) in [5.41, 5.74) is 6.49. The molecule has 1 aliphatic heterocycles. The molecular weight excluding hydrogens is 342 g/mol. The molecular formula is C22H23NO4. The van der Waals surface area contributed by atoms with Crippen LogP contribution in [0.2, 0.25) is 0 Å². The fourth-order valence-corrected chi connectivity index (χ4v) is 3.55. The van der Waals surface area contributed by atoms with Gasteiger partial charge >= 0.3 is 5.97 Å². The van der Waals surface area contributed by atoms with Crippen LogP contribution in [0, 0.1) is 34.6 Å². The predicted octanol–water partition coefficient (Wildman–Crippen LogP) is 3.68. The van der Waals surface area contributed by atoms with Crippen molar-refractivity contribution in [2.45, 2.75) is 34.6 Å². The lowest BCUT2D eigenvalue weighted by Crippen LogP contribution is -2.33. The van der Waals surface area contributed by atoms with E-state index in [-0.39, 0.29) is 25.0 Å². The predicted molar refractivity (Wildman–Crippen MR) is 102 cm³/mol. The van der Waals surface area contributed by atoms with E-state index >= 15 is 0 Å². The third-order valence-corrected chi connectivity index (χ3v) is 5.63. The first-order valence-electron chi connectivity index (χ1n) is 8.95. The van der Waals surface area contributed by atoms with Gasteiger partial charge in [0, 0.05) is 0 Å². The maximum Gasteiger partial charge on any atom is 0.338 e. The van der Waals surface area contributed by atoms with Crippen LogP contribution in [0.4, 0.5) is 0 Å². The Bertz CT molecular complexity index is 911. The Morgan fingerprint density at radius 2 is 1.26 bits per heavy atom. The van der Waals surface area contributed by atoms with E-state index in [0.29, 0.717) is 16.7 Å². The van der Waals surface area contributed by atoms with Crippen molar-refractivity contribution in [1.82, 2.24) is 4.90 Å². The quantitative estimate of drug-likeness (QED) is 0.612. The van der Waals surface area contributed by atoms with E-state index in [1.54, 1.807) is 24.3 Å². The van der Waals surface area contributed by atoms with E-state index in [4.69, 9.17) is 4.74 Å². The first kappa shape index (κ1) is 18.8. The molecule has 2 amide bonds. The van der Waals surface area contributed by atoms with Crippen LogP contribution in [0.3, 0.4) is 0 Å². The van der Waals surface area contributed by atoms with Crippen molar-refractivity contribution in [3.05, 3.63) is 68.8 Å². The molecule has 5 nitrogen and oxygen atoms in total. The number of benzene rings is 2. The molecule has 0 saturated carbocycles. The summed E-state index contributed by atoms with van der Waals surface area (Å²) >= 11 is 0. The van der Waals surface area contributed by atoms with Gasteiger partial charge in [0.2, 0.25) is 0 Å². The molecule has 140 valence electrons. The first-order chi connectivity index (χ1) is 12.8. The second-order valence-corrected chi connectivity index (χ2v) is 6.94. The number of esters is 1. The lowest BCUT2D eigenvalue weighted by atomic mass is 9.90. The van der Waals surface area contributed by atoms with Gasteiger partial charge < -0.3 is 4.74 Å². The normalized spacial score (nSPS) is 13.1. The second-order valence-electron chi connectivity index (χ2n) is 6.94. The SMILES string of the molecule is Cc1c(C)c(C)c(C(=O)OCCN2C(=O)c3ccccc3C2=O)c(C)c1C. The van der Waals surface area contributed by atoms with E-state index in [9.17, 15) is 14.4 Å². The molecule has 0 fully saturated rings. The Hall–Kier alpha value is -2.95. The largest absolute Gasteiger partial charge is 0.460 e. The van der Waals surface area contributed by atoms with Crippen LogP contribution >= 0.6 is 0 Å². The van der Waals surface area contributed by atoms with Gasteiger partial charge in [0.25, 0.3) is 11.8 Å². The summed E-state index contributed by atoms with van der Waals surface area (Å²) in [5, 5.41) is 0. The van der Waals surface area contributed by atoms with E-state index in [2.05, 4.69) is 0 Å². The third-order valence-electron chi connectivity index (χ3n) is 5.63. The minimum atomic E-state index is -0.423. The molecule has 0 spiro atoms. The average Bonchev–Trinajstić information content (AvgIpc) is 2.90. The minimum Gasteiger partial charge on any atom is -0.460 e. The molecule has 0 saturated heterocycles. The van der Waals surface area contributed by atoms with Gasteiger partial charge in [0.05, 0.1) is 23.2 Å². The lowest BCUT2D eigenvalue weighted by Gasteiger charge is -2.18. The number of fused-ring (bicyclic) bond motifs is 1. The third kappa shape index (κ3) is 3.03. The highest BCUT2D eigenvalue weighted by Gasteiger charge is 2.35. The van der Waals surface area contributed by atoms with Crippen molar-refractivity contribution in [3.63, 3.8) is 0 Å². The van der Waals surface area contributed by atoms with Crippen LogP contribution in [0.25, 0.3) is 0 Å². The highest BCUT2D eigenvalue weighted by Crippen LogP contribution is 2.27. The number of rotatable bonds is 4. The number of carbonyl (C=O) groups is 3. The van der Waals surface area contributed by atoms with Crippen molar-refractivity contribution >= 4 is 17.8 Å².